The van der Waals surface area contributed by atoms with Gasteiger partial charge in [-0.2, -0.15) is 0 Å². The highest BCUT2D eigenvalue weighted by Gasteiger charge is 2.30. The van der Waals surface area contributed by atoms with Crippen molar-refractivity contribution in [2.75, 3.05) is 0 Å². The standard InChI is InChI=1S/C21H31N5O8/c1-10(18(30)26-17(11(2)27)21(33)34)24-20(32)15(9-12-3-5-13(28)6-4-12)25-19(31)14(22)7-8-16(23)29/h3-6,10-11,14-15,17,27-28H,7-9,22H2,1-2H3,(H2,23,29)(H,24,32)(H,25,31)(H,26,30)(H,33,34). The topological polar surface area (TPSA) is 234 Å². The van der Waals surface area contributed by atoms with Crippen LogP contribution in [0.25, 0.3) is 0 Å². The van der Waals surface area contributed by atoms with E-state index in [1.54, 1.807) is 0 Å². The summed E-state index contributed by atoms with van der Waals surface area (Å²) in [4.78, 5) is 59.7. The zero-order valence-corrected chi connectivity index (χ0v) is 18.9. The summed E-state index contributed by atoms with van der Waals surface area (Å²) in [5.74, 6) is -4.46. The average Bonchev–Trinajstić information content (AvgIpc) is 2.75. The molecule has 0 radical (unpaired) electrons. The fraction of sp³-hybridized carbons (Fsp3) is 0.476. The summed E-state index contributed by atoms with van der Waals surface area (Å²) in [5.41, 5.74) is 11.4. The van der Waals surface area contributed by atoms with Gasteiger partial charge >= 0.3 is 5.97 Å². The molecule has 13 nitrogen and oxygen atoms in total. The molecule has 0 aliphatic heterocycles. The van der Waals surface area contributed by atoms with Crippen molar-refractivity contribution in [1.29, 1.82) is 0 Å². The Morgan fingerprint density at radius 2 is 1.53 bits per heavy atom. The Kier molecular flexibility index (Phi) is 10.9. The molecule has 5 atom stereocenters. The first-order valence-electron chi connectivity index (χ1n) is 10.5. The van der Waals surface area contributed by atoms with E-state index in [9.17, 15) is 34.2 Å². The Morgan fingerprint density at radius 1 is 0.941 bits per heavy atom. The molecule has 0 aliphatic rings. The second-order valence-electron chi connectivity index (χ2n) is 7.84. The molecule has 0 saturated carbocycles. The van der Waals surface area contributed by atoms with Gasteiger partial charge in [0.15, 0.2) is 6.04 Å². The summed E-state index contributed by atoms with van der Waals surface area (Å²) in [6.07, 6.45) is -1.58. The maximum Gasteiger partial charge on any atom is 0.328 e. The number of rotatable bonds is 13. The molecule has 0 spiro atoms. The molecule has 1 rings (SSSR count). The number of carboxylic acid groups (broad SMARTS) is 1. The highest BCUT2D eigenvalue weighted by atomic mass is 16.4. The summed E-state index contributed by atoms with van der Waals surface area (Å²) in [7, 11) is 0. The molecule has 5 unspecified atom stereocenters. The first-order valence-corrected chi connectivity index (χ1v) is 10.5. The Bertz CT molecular complexity index is 890. The molecule has 34 heavy (non-hydrogen) atoms. The minimum Gasteiger partial charge on any atom is -0.508 e. The van der Waals surface area contributed by atoms with Gasteiger partial charge in [-0.3, -0.25) is 19.2 Å². The SMILES string of the molecule is CC(NC(=O)C(Cc1ccc(O)cc1)NC(=O)C(N)CCC(N)=O)C(=O)NC(C(=O)O)C(C)O. The Balaban J connectivity index is 2.94. The Hall–Kier alpha value is -3.71. The zero-order chi connectivity index (χ0) is 26.0. The fourth-order valence-electron chi connectivity index (χ4n) is 2.83. The second kappa shape index (κ2) is 13.1. The van der Waals surface area contributed by atoms with Crippen LogP contribution in [0.3, 0.4) is 0 Å². The Morgan fingerprint density at radius 3 is 2.03 bits per heavy atom. The molecule has 0 fully saturated rings. The number of amides is 4. The van der Waals surface area contributed by atoms with Crippen molar-refractivity contribution < 1.29 is 39.3 Å². The van der Waals surface area contributed by atoms with Gasteiger partial charge in [0.2, 0.25) is 23.6 Å². The number of aromatic hydroxyl groups is 1. The first kappa shape index (κ1) is 28.3. The van der Waals surface area contributed by atoms with Crippen LogP contribution in [0.4, 0.5) is 0 Å². The van der Waals surface area contributed by atoms with Crippen LogP contribution < -0.4 is 27.4 Å². The zero-order valence-electron chi connectivity index (χ0n) is 18.9. The third-order valence-corrected chi connectivity index (χ3v) is 4.85. The van der Waals surface area contributed by atoms with Crippen LogP contribution in [0.2, 0.25) is 0 Å². The smallest absolute Gasteiger partial charge is 0.328 e. The van der Waals surface area contributed by atoms with E-state index in [4.69, 9.17) is 16.6 Å². The highest BCUT2D eigenvalue weighted by Crippen LogP contribution is 2.12. The maximum absolute atomic E-state index is 12.9. The minimum atomic E-state index is -1.58. The van der Waals surface area contributed by atoms with E-state index in [0.29, 0.717) is 5.56 Å². The summed E-state index contributed by atoms with van der Waals surface area (Å²) in [6, 6.07) is 0.741. The van der Waals surface area contributed by atoms with Crippen molar-refractivity contribution in [2.45, 2.75) is 63.4 Å². The molecule has 0 bridgehead atoms. The number of carbonyl (C=O) groups excluding carboxylic acids is 4. The minimum absolute atomic E-state index is 0.00125. The van der Waals surface area contributed by atoms with Crippen LogP contribution in [-0.2, 0) is 30.4 Å². The van der Waals surface area contributed by atoms with Crippen LogP contribution in [0.1, 0.15) is 32.3 Å². The molecule has 0 heterocycles. The van der Waals surface area contributed by atoms with Crippen molar-refractivity contribution in [3.63, 3.8) is 0 Å². The lowest BCUT2D eigenvalue weighted by Gasteiger charge is -2.24. The molecule has 4 amide bonds. The van der Waals surface area contributed by atoms with Crippen molar-refractivity contribution in [3.8, 4) is 5.75 Å². The third kappa shape index (κ3) is 9.42. The number of phenols is 1. The monoisotopic (exact) mass is 481 g/mol. The highest BCUT2D eigenvalue weighted by molar-refractivity contribution is 5.94. The first-order chi connectivity index (χ1) is 15.8. The van der Waals surface area contributed by atoms with Gasteiger partial charge in [-0.25, -0.2) is 4.79 Å². The number of carboxylic acids is 1. The number of nitrogens with one attached hydrogen (secondary N) is 3. The number of phenolic OH excluding ortho intramolecular Hbond substituents is 1. The van der Waals surface area contributed by atoms with E-state index < -0.39 is 59.9 Å². The summed E-state index contributed by atoms with van der Waals surface area (Å²) < 4.78 is 0. The molecule has 0 saturated heterocycles. The van der Waals surface area contributed by atoms with Crippen molar-refractivity contribution in [2.24, 2.45) is 11.5 Å². The second-order valence-corrected chi connectivity index (χ2v) is 7.84. The number of carbonyl (C=O) groups is 5. The van der Waals surface area contributed by atoms with Gasteiger partial charge in [-0.05, 0) is 38.0 Å². The Labute approximate surface area is 195 Å². The number of aliphatic carboxylic acids is 1. The molecule has 0 aliphatic carbocycles. The van der Waals surface area contributed by atoms with E-state index >= 15 is 0 Å². The van der Waals surface area contributed by atoms with E-state index in [2.05, 4.69) is 16.0 Å². The third-order valence-electron chi connectivity index (χ3n) is 4.85. The molecule has 1 aromatic carbocycles. The number of nitrogens with two attached hydrogens (primary N) is 2. The predicted molar refractivity (Wildman–Crippen MR) is 119 cm³/mol. The molecular weight excluding hydrogens is 450 g/mol. The van der Waals surface area contributed by atoms with Crippen LogP contribution >= 0.6 is 0 Å². The maximum atomic E-state index is 12.9. The number of benzene rings is 1. The van der Waals surface area contributed by atoms with Gasteiger partial charge in [-0.15, -0.1) is 0 Å². The van der Waals surface area contributed by atoms with E-state index in [1.165, 1.54) is 38.1 Å². The van der Waals surface area contributed by atoms with Gasteiger partial charge in [0.25, 0.3) is 0 Å². The van der Waals surface area contributed by atoms with Crippen molar-refractivity contribution >= 4 is 29.6 Å². The lowest BCUT2D eigenvalue weighted by atomic mass is 10.0. The summed E-state index contributed by atoms with van der Waals surface area (Å²) >= 11 is 0. The number of hydrogen-bond acceptors (Lipinski definition) is 8. The van der Waals surface area contributed by atoms with Gasteiger partial charge < -0.3 is 42.7 Å². The van der Waals surface area contributed by atoms with Crippen LogP contribution in [0, 0.1) is 0 Å². The van der Waals surface area contributed by atoms with Gasteiger partial charge in [0.05, 0.1) is 12.1 Å². The van der Waals surface area contributed by atoms with E-state index in [-0.39, 0.29) is 25.0 Å². The summed E-state index contributed by atoms with van der Waals surface area (Å²) in [5, 5.41) is 35.0. The molecule has 10 N–H and O–H groups in total. The van der Waals surface area contributed by atoms with Crippen LogP contribution in [0.15, 0.2) is 24.3 Å². The molecule has 188 valence electrons. The summed E-state index contributed by atoms with van der Waals surface area (Å²) in [6.45, 7) is 2.49. The number of hydrogen-bond donors (Lipinski definition) is 8. The van der Waals surface area contributed by atoms with Crippen LogP contribution in [-0.4, -0.2) is 75.2 Å². The number of aliphatic hydroxyl groups excluding tert-OH is 1. The number of primary amides is 1. The van der Waals surface area contributed by atoms with Crippen molar-refractivity contribution in [1.82, 2.24) is 16.0 Å². The van der Waals surface area contributed by atoms with E-state index in [1.807, 2.05) is 0 Å². The van der Waals surface area contributed by atoms with Gasteiger partial charge in [0, 0.05) is 12.8 Å². The van der Waals surface area contributed by atoms with Gasteiger partial charge in [0.1, 0.15) is 17.8 Å². The van der Waals surface area contributed by atoms with Gasteiger partial charge in [-0.1, -0.05) is 12.1 Å². The van der Waals surface area contributed by atoms with Crippen molar-refractivity contribution in [3.05, 3.63) is 29.8 Å². The van der Waals surface area contributed by atoms with Crippen LogP contribution in [0.5, 0.6) is 5.75 Å². The lowest BCUT2D eigenvalue weighted by molar-refractivity contribution is -0.145. The number of aliphatic hydroxyl groups is 1. The lowest BCUT2D eigenvalue weighted by Crippen LogP contribution is -2.58. The molecule has 0 aromatic heterocycles. The molecular formula is C21H31N5O8. The normalized spacial score (nSPS) is 15.2. The fourth-order valence-corrected chi connectivity index (χ4v) is 2.83. The average molecular weight is 482 g/mol. The largest absolute Gasteiger partial charge is 0.508 e. The molecule has 1 aromatic rings. The predicted octanol–water partition coefficient (Wildman–Crippen LogP) is -2.53. The molecule has 13 heteroatoms. The van der Waals surface area contributed by atoms with E-state index in [0.717, 1.165) is 0 Å². The quantitative estimate of drug-likeness (QED) is 0.148.